The topological polar surface area (TPSA) is 79.0 Å². The van der Waals surface area contributed by atoms with Crippen molar-refractivity contribution in [2.24, 2.45) is 0 Å². The number of nitrogens with one attached hydrogen (secondary N) is 3. The molecule has 1 aliphatic heterocycles. The number of hydrogen-bond acceptors (Lipinski definition) is 4. The number of rotatable bonds is 2. The number of H-pyrrole nitrogens is 1. The van der Waals surface area contributed by atoms with Gasteiger partial charge in [0.05, 0.1) is 18.9 Å². The van der Waals surface area contributed by atoms with Crippen LogP contribution in [0.5, 0.6) is 0 Å². The van der Waals surface area contributed by atoms with E-state index in [4.69, 9.17) is 4.74 Å². The van der Waals surface area contributed by atoms with Crippen LogP contribution in [0.4, 0.5) is 0 Å². The molecule has 0 bridgehead atoms. The summed E-state index contributed by atoms with van der Waals surface area (Å²) in [5.74, 6) is 0.0455. The molecule has 6 heteroatoms. The first-order chi connectivity index (χ1) is 9.24. The van der Waals surface area contributed by atoms with E-state index in [1.54, 1.807) is 0 Å². The van der Waals surface area contributed by atoms with E-state index in [0.717, 1.165) is 25.8 Å². The Bertz CT molecular complexity index is 459. The Hall–Kier alpha value is -1.40. The Morgan fingerprint density at radius 1 is 1.58 bits per heavy atom. The number of aromatic amines is 1. The smallest absolute Gasteiger partial charge is 0.240 e. The number of aromatic nitrogens is 2. The average molecular weight is 264 g/mol. The summed E-state index contributed by atoms with van der Waals surface area (Å²) in [7, 11) is 0. The largest absolute Gasteiger partial charge is 0.375 e. The van der Waals surface area contributed by atoms with Crippen molar-refractivity contribution in [2.75, 3.05) is 13.2 Å². The summed E-state index contributed by atoms with van der Waals surface area (Å²) < 4.78 is 5.51. The fraction of sp³-hybridized carbons (Fsp3) is 0.692. The first-order valence-electron chi connectivity index (χ1n) is 6.90. The van der Waals surface area contributed by atoms with E-state index in [1.165, 1.54) is 11.3 Å². The van der Waals surface area contributed by atoms with E-state index in [9.17, 15) is 4.79 Å². The molecule has 0 saturated carbocycles. The zero-order valence-corrected chi connectivity index (χ0v) is 11.1. The standard InChI is InChI=1S/C13H20N4O2/c1-8-12(14-4-5-19-8)13(18)16-10-2-3-11-9(6-10)7-15-17-11/h7-8,10,12,14H,2-6H2,1H3,(H,15,17)(H,16,18)/t8-,10?,12+/m1/s1. The molecule has 1 aliphatic carbocycles. The minimum absolute atomic E-state index is 0.0455. The number of ether oxygens (including phenoxy) is 1. The van der Waals surface area contributed by atoms with Gasteiger partial charge in [-0.25, -0.2) is 0 Å². The second-order valence-corrected chi connectivity index (χ2v) is 5.33. The van der Waals surface area contributed by atoms with Crippen molar-refractivity contribution in [2.45, 2.75) is 44.4 Å². The third-order valence-electron chi connectivity index (χ3n) is 3.96. The zero-order chi connectivity index (χ0) is 13.2. The molecule has 1 unspecified atom stereocenters. The van der Waals surface area contributed by atoms with Gasteiger partial charge in [0.1, 0.15) is 6.04 Å². The fourth-order valence-corrected chi connectivity index (χ4v) is 2.86. The molecule has 0 radical (unpaired) electrons. The quantitative estimate of drug-likeness (QED) is 0.689. The van der Waals surface area contributed by atoms with Crippen molar-refractivity contribution >= 4 is 5.91 Å². The van der Waals surface area contributed by atoms with Crippen molar-refractivity contribution in [3.8, 4) is 0 Å². The van der Waals surface area contributed by atoms with Crippen LogP contribution in [-0.2, 0) is 22.4 Å². The third kappa shape index (κ3) is 2.64. The van der Waals surface area contributed by atoms with Crippen molar-refractivity contribution in [3.63, 3.8) is 0 Å². The van der Waals surface area contributed by atoms with Crippen LogP contribution < -0.4 is 10.6 Å². The van der Waals surface area contributed by atoms with Gasteiger partial charge in [0, 0.05) is 18.3 Å². The summed E-state index contributed by atoms with van der Waals surface area (Å²) in [6, 6.07) is -0.0342. The highest BCUT2D eigenvalue weighted by molar-refractivity contribution is 5.82. The molecule has 104 valence electrons. The van der Waals surface area contributed by atoms with Crippen LogP contribution >= 0.6 is 0 Å². The number of aryl methyl sites for hydroxylation is 1. The van der Waals surface area contributed by atoms with E-state index >= 15 is 0 Å². The van der Waals surface area contributed by atoms with Crippen molar-refractivity contribution in [1.29, 1.82) is 0 Å². The number of carbonyl (C=O) groups is 1. The number of amides is 1. The van der Waals surface area contributed by atoms with Gasteiger partial charge in [-0.15, -0.1) is 0 Å². The minimum atomic E-state index is -0.237. The van der Waals surface area contributed by atoms with Gasteiger partial charge in [0.2, 0.25) is 5.91 Å². The van der Waals surface area contributed by atoms with Gasteiger partial charge >= 0.3 is 0 Å². The molecule has 1 aromatic rings. The summed E-state index contributed by atoms with van der Waals surface area (Å²) in [6.45, 7) is 3.34. The Kier molecular flexibility index (Phi) is 3.52. The molecule has 1 saturated heterocycles. The molecule has 0 aromatic carbocycles. The summed E-state index contributed by atoms with van der Waals surface area (Å²) in [5.41, 5.74) is 2.43. The molecule has 2 heterocycles. The molecule has 3 N–H and O–H groups in total. The predicted octanol–water partition coefficient (Wildman–Crippen LogP) is -0.240. The Morgan fingerprint density at radius 3 is 3.32 bits per heavy atom. The van der Waals surface area contributed by atoms with Gasteiger partial charge in [-0.3, -0.25) is 9.89 Å². The SMILES string of the molecule is C[C@H]1OCCN[C@@H]1C(=O)NC1CCc2[nH]ncc2C1. The van der Waals surface area contributed by atoms with Crippen LogP contribution in [-0.4, -0.2) is 47.4 Å². The Morgan fingerprint density at radius 2 is 2.47 bits per heavy atom. The lowest BCUT2D eigenvalue weighted by Gasteiger charge is -2.31. The Labute approximate surface area is 112 Å². The van der Waals surface area contributed by atoms with E-state index < -0.39 is 0 Å². The Balaban J connectivity index is 1.58. The van der Waals surface area contributed by atoms with E-state index in [1.807, 2.05) is 13.1 Å². The van der Waals surface area contributed by atoms with E-state index in [-0.39, 0.29) is 24.1 Å². The average Bonchev–Trinajstić information content (AvgIpc) is 2.86. The molecular weight excluding hydrogens is 244 g/mol. The molecule has 3 atom stereocenters. The molecule has 6 nitrogen and oxygen atoms in total. The molecule has 1 fully saturated rings. The lowest BCUT2D eigenvalue weighted by Crippen LogP contribution is -2.57. The number of carbonyl (C=O) groups excluding carboxylic acids is 1. The van der Waals surface area contributed by atoms with Crippen LogP contribution in [0.15, 0.2) is 6.20 Å². The fourth-order valence-electron chi connectivity index (χ4n) is 2.86. The highest BCUT2D eigenvalue weighted by Gasteiger charge is 2.30. The predicted molar refractivity (Wildman–Crippen MR) is 69.7 cm³/mol. The maximum absolute atomic E-state index is 12.2. The summed E-state index contributed by atoms with van der Waals surface area (Å²) in [5, 5.41) is 13.4. The van der Waals surface area contributed by atoms with E-state index in [0.29, 0.717) is 6.61 Å². The maximum atomic E-state index is 12.2. The molecule has 0 spiro atoms. The number of hydrogen-bond donors (Lipinski definition) is 3. The number of morpholine rings is 1. The molecular formula is C13H20N4O2. The van der Waals surface area contributed by atoms with Gasteiger partial charge in [-0.2, -0.15) is 5.10 Å². The summed E-state index contributed by atoms with van der Waals surface area (Å²) in [6.07, 6.45) is 4.56. The first kappa shape index (κ1) is 12.6. The number of nitrogens with zero attached hydrogens (tertiary/aromatic N) is 1. The van der Waals surface area contributed by atoms with Crippen LogP contribution in [0, 0.1) is 0 Å². The third-order valence-corrected chi connectivity index (χ3v) is 3.96. The first-order valence-corrected chi connectivity index (χ1v) is 6.90. The van der Waals surface area contributed by atoms with Gasteiger partial charge in [-0.05, 0) is 31.7 Å². The van der Waals surface area contributed by atoms with Crippen LogP contribution in [0.25, 0.3) is 0 Å². The van der Waals surface area contributed by atoms with Crippen LogP contribution in [0.3, 0.4) is 0 Å². The van der Waals surface area contributed by atoms with Crippen molar-refractivity contribution < 1.29 is 9.53 Å². The highest BCUT2D eigenvalue weighted by Crippen LogP contribution is 2.19. The monoisotopic (exact) mass is 264 g/mol. The highest BCUT2D eigenvalue weighted by atomic mass is 16.5. The molecule has 2 aliphatic rings. The van der Waals surface area contributed by atoms with Crippen molar-refractivity contribution in [3.05, 3.63) is 17.5 Å². The minimum Gasteiger partial charge on any atom is -0.375 e. The molecule has 1 aromatic heterocycles. The van der Waals surface area contributed by atoms with Gasteiger partial charge in [0.25, 0.3) is 0 Å². The van der Waals surface area contributed by atoms with E-state index in [2.05, 4.69) is 20.8 Å². The molecule has 3 rings (SSSR count). The lowest BCUT2D eigenvalue weighted by molar-refractivity contribution is -0.129. The maximum Gasteiger partial charge on any atom is 0.240 e. The summed E-state index contributed by atoms with van der Waals surface area (Å²) in [4.78, 5) is 12.2. The second-order valence-electron chi connectivity index (χ2n) is 5.33. The van der Waals surface area contributed by atoms with Gasteiger partial charge in [-0.1, -0.05) is 0 Å². The van der Waals surface area contributed by atoms with Crippen molar-refractivity contribution in [1.82, 2.24) is 20.8 Å². The second kappa shape index (κ2) is 5.30. The summed E-state index contributed by atoms with van der Waals surface area (Å²) >= 11 is 0. The van der Waals surface area contributed by atoms with Crippen LogP contribution in [0.1, 0.15) is 24.6 Å². The number of fused-ring (bicyclic) bond motifs is 1. The normalized spacial score (nSPS) is 30.7. The van der Waals surface area contributed by atoms with Gasteiger partial charge < -0.3 is 15.4 Å². The lowest BCUT2D eigenvalue weighted by atomic mass is 9.93. The van der Waals surface area contributed by atoms with Gasteiger partial charge in [0.15, 0.2) is 0 Å². The van der Waals surface area contributed by atoms with Crippen LogP contribution in [0.2, 0.25) is 0 Å². The molecule has 1 amide bonds. The zero-order valence-electron chi connectivity index (χ0n) is 11.1. The molecule has 19 heavy (non-hydrogen) atoms.